The lowest BCUT2D eigenvalue weighted by Crippen LogP contribution is -2.24. The second kappa shape index (κ2) is 7.66. The fourth-order valence-electron chi connectivity index (χ4n) is 1.45. The van der Waals surface area contributed by atoms with Gasteiger partial charge in [0.15, 0.2) is 0 Å². The first-order valence-electron chi connectivity index (χ1n) is 5.78. The minimum atomic E-state index is -0.403. The van der Waals surface area contributed by atoms with Crippen LogP contribution < -0.4 is 4.74 Å². The second-order valence-electron chi connectivity index (χ2n) is 3.86. The van der Waals surface area contributed by atoms with Crippen LogP contribution in [0.4, 0.5) is 4.39 Å². The molecule has 0 fully saturated rings. The van der Waals surface area contributed by atoms with Crippen LogP contribution in [0.3, 0.4) is 0 Å². The van der Waals surface area contributed by atoms with Crippen molar-refractivity contribution in [2.75, 3.05) is 13.2 Å². The van der Waals surface area contributed by atoms with Gasteiger partial charge in [0.2, 0.25) is 0 Å². The molecule has 1 aromatic carbocycles. The van der Waals surface area contributed by atoms with Gasteiger partial charge >= 0.3 is 5.97 Å². The van der Waals surface area contributed by atoms with E-state index in [-0.39, 0.29) is 25.0 Å². The Hall–Kier alpha value is -1.62. The molecule has 1 rings (SSSR count). The third-order valence-electron chi connectivity index (χ3n) is 2.27. The monoisotopic (exact) mass is 256 g/mol. The third-order valence-corrected chi connectivity index (χ3v) is 2.27. The Morgan fingerprint density at radius 3 is 2.61 bits per heavy atom. The Labute approximate surface area is 105 Å². The van der Waals surface area contributed by atoms with E-state index in [0.29, 0.717) is 18.6 Å². The van der Waals surface area contributed by atoms with E-state index < -0.39 is 6.10 Å². The highest BCUT2D eigenvalue weighted by atomic mass is 19.1. The number of aliphatic hydroxyl groups is 1. The molecule has 4 nitrogen and oxygen atoms in total. The highest BCUT2D eigenvalue weighted by Gasteiger charge is 2.12. The first kappa shape index (κ1) is 14.4. The lowest BCUT2D eigenvalue weighted by atomic mass is 10.2. The lowest BCUT2D eigenvalue weighted by Gasteiger charge is -2.17. The number of benzene rings is 1. The number of carbonyl (C=O) groups is 1. The molecule has 0 aliphatic heterocycles. The Morgan fingerprint density at radius 2 is 2.06 bits per heavy atom. The molecule has 0 saturated heterocycles. The Morgan fingerprint density at radius 1 is 1.39 bits per heavy atom. The van der Waals surface area contributed by atoms with Gasteiger partial charge in [0.1, 0.15) is 24.3 Å². The van der Waals surface area contributed by atoms with Gasteiger partial charge in [-0.05, 0) is 37.1 Å². The molecule has 1 atom stereocenters. The smallest absolute Gasteiger partial charge is 0.303 e. The number of aliphatic hydroxyl groups excluding tert-OH is 1. The van der Waals surface area contributed by atoms with Crippen molar-refractivity contribution < 1.29 is 23.8 Å². The van der Waals surface area contributed by atoms with Crippen molar-refractivity contribution >= 4 is 5.97 Å². The average Bonchev–Trinajstić information content (AvgIpc) is 2.34. The molecule has 1 N–H and O–H groups in total. The second-order valence-corrected chi connectivity index (χ2v) is 3.86. The quantitative estimate of drug-likeness (QED) is 0.757. The predicted octanol–water partition coefficient (Wildman–Crippen LogP) is 1.91. The summed E-state index contributed by atoms with van der Waals surface area (Å²) in [7, 11) is 0. The zero-order chi connectivity index (χ0) is 13.4. The number of rotatable bonds is 7. The molecule has 5 heteroatoms. The largest absolute Gasteiger partial charge is 0.490 e. The number of esters is 1. The van der Waals surface area contributed by atoms with E-state index in [2.05, 4.69) is 0 Å². The minimum absolute atomic E-state index is 0.0360. The SMILES string of the molecule is CC(=O)O[C@H](CCCO)COc1ccc(F)cc1. The molecule has 0 aliphatic rings. The highest BCUT2D eigenvalue weighted by Crippen LogP contribution is 2.13. The van der Waals surface area contributed by atoms with Crippen LogP contribution in [-0.2, 0) is 9.53 Å². The van der Waals surface area contributed by atoms with Gasteiger partial charge in [-0.1, -0.05) is 0 Å². The van der Waals surface area contributed by atoms with Gasteiger partial charge in [0.25, 0.3) is 0 Å². The zero-order valence-electron chi connectivity index (χ0n) is 10.3. The molecular formula is C13H17FO4. The number of halogens is 1. The van der Waals surface area contributed by atoms with Gasteiger partial charge in [0.05, 0.1) is 0 Å². The predicted molar refractivity (Wildman–Crippen MR) is 63.8 cm³/mol. The first-order valence-corrected chi connectivity index (χ1v) is 5.78. The molecule has 0 unspecified atom stereocenters. The van der Waals surface area contributed by atoms with Gasteiger partial charge in [-0.2, -0.15) is 0 Å². The fraction of sp³-hybridized carbons (Fsp3) is 0.462. The Balaban J connectivity index is 2.44. The van der Waals surface area contributed by atoms with Crippen molar-refractivity contribution in [3.05, 3.63) is 30.1 Å². The molecule has 0 aromatic heterocycles. The Bertz CT molecular complexity index is 364. The summed E-state index contributed by atoms with van der Waals surface area (Å²) in [5.74, 6) is -0.211. The van der Waals surface area contributed by atoms with E-state index in [1.165, 1.54) is 31.2 Å². The maximum atomic E-state index is 12.7. The van der Waals surface area contributed by atoms with Crippen LogP contribution in [0.1, 0.15) is 19.8 Å². The van der Waals surface area contributed by atoms with Crippen LogP contribution in [0, 0.1) is 5.82 Å². The highest BCUT2D eigenvalue weighted by molar-refractivity contribution is 5.66. The van der Waals surface area contributed by atoms with E-state index in [9.17, 15) is 9.18 Å². The van der Waals surface area contributed by atoms with E-state index >= 15 is 0 Å². The van der Waals surface area contributed by atoms with Crippen LogP contribution >= 0.6 is 0 Å². The molecule has 100 valence electrons. The van der Waals surface area contributed by atoms with Crippen LogP contribution in [0.5, 0.6) is 5.75 Å². The van der Waals surface area contributed by atoms with Gasteiger partial charge in [-0.3, -0.25) is 4.79 Å². The molecule has 1 aromatic rings. The Kier molecular flexibility index (Phi) is 6.14. The van der Waals surface area contributed by atoms with Crippen molar-refractivity contribution in [2.24, 2.45) is 0 Å². The summed E-state index contributed by atoms with van der Waals surface area (Å²) in [4.78, 5) is 10.9. The number of hydrogen-bond donors (Lipinski definition) is 1. The van der Waals surface area contributed by atoms with E-state index in [1.54, 1.807) is 0 Å². The summed E-state index contributed by atoms with van der Waals surface area (Å²) in [5, 5.41) is 8.74. The number of ether oxygens (including phenoxy) is 2. The van der Waals surface area contributed by atoms with E-state index in [4.69, 9.17) is 14.6 Å². The molecule has 0 heterocycles. The maximum absolute atomic E-state index is 12.7. The van der Waals surface area contributed by atoms with E-state index in [0.717, 1.165) is 0 Å². The van der Waals surface area contributed by atoms with Crippen molar-refractivity contribution in [1.29, 1.82) is 0 Å². The molecular weight excluding hydrogens is 239 g/mol. The van der Waals surface area contributed by atoms with Crippen molar-refractivity contribution in [3.63, 3.8) is 0 Å². The number of hydrogen-bond acceptors (Lipinski definition) is 4. The molecule has 0 saturated carbocycles. The molecule has 0 amide bonds. The zero-order valence-corrected chi connectivity index (χ0v) is 10.3. The average molecular weight is 256 g/mol. The van der Waals surface area contributed by atoms with Gasteiger partial charge in [0, 0.05) is 13.5 Å². The van der Waals surface area contributed by atoms with Crippen LogP contribution in [0.15, 0.2) is 24.3 Å². The minimum Gasteiger partial charge on any atom is -0.490 e. The third kappa shape index (κ3) is 5.63. The van der Waals surface area contributed by atoms with Gasteiger partial charge in [-0.25, -0.2) is 4.39 Å². The fourth-order valence-corrected chi connectivity index (χ4v) is 1.45. The molecule has 0 radical (unpaired) electrons. The van der Waals surface area contributed by atoms with Crippen LogP contribution in [0.25, 0.3) is 0 Å². The van der Waals surface area contributed by atoms with Crippen molar-refractivity contribution in [3.8, 4) is 5.75 Å². The first-order chi connectivity index (χ1) is 8.61. The van der Waals surface area contributed by atoms with E-state index in [1.807, 2.05) is 0 Å². The number of carbonyl (C=O) groups excluding carboxylic acids is 1. The summed E-state index contributed by atoms with van der Waals surface area (Å²) in [5.41, 5.74) is 0. The summed E-state index contributed by atoms with van der Waals surface area (Å²) in [6.07, 6.45) is 0.654. The molecule has 0 spiro atoms. The standard InChI is InChI=1S/C13H17FO4/c1-10(16)18-13(3-2-8-15)9-17-12-6-4-11(14)5-7-12/h4-7,13,15H,2-3,8-9H2,1H3/t13-/m1/s1. The van der Waals surface area contributed by atoms with Crippen molar-refractivity contribution in [1.82, 2.24) is 0 Å². The van der Waals surface area contributed by atoms with Gasteiger partial charge in [-0.15, -0.1) is 0 Å². The van der Waals surface area contributed by atoms with Crippen LogP contribution in [-0.4, -0.2) is 30.4 Å². The summed E-state index contributed by atoms with van der Waals surface area (Å²) in [6.45, 7) is 1.55. The topological polar surface area (TPSA) is 55.8 Å². The summed E-state index contributed by atoms with van der Waals surface area (Å²) < 4.78 is 23.1. The maximum Gasteiger partial charge on any atom is 0.303 e. The van der Waals surface area contributed by atoms with Gasteiger partial charge < -0.3 is 14.6 Å². The molecule has 18 heavy (non-hydrogen) atoms. The summed E-state index contributed by atoms with van der Waals surface area (Å²) in [6, 6.07) is 5.60. The van der Waals surface area contributed by atoms with Crippen molar-refractivity contribution in [2.45, 2.75) is 25.9 Å². The normalized spacial score (nSPS) is 11.9. The molecule has 0 bridgehead atoms. The summed E-state index contributed by atoms with van der Waals surface area (Å²) >= 11 is 0. The lowest BCUT2D eigenvalue weighted by molar-refractivity contribution is -0.148. The molecule has 0 aliphatic carbocycles. The van der Waals surface area contributed by atoms with Crippen LogP contribution in [0.2, 0.25) is 0 Å².